The lowest BCUT2D eigenvalue weighted by Gasteiger charge is -2.06. The number of hydrogen-bond donors (Lipinski definition) is 2. The van der Waals surface area contributed by atoms with E-state index in [2.05, 4.69) is 4.18 Å². The second kappa shape index (κ2) is 4.05. The number of hydrogen-bond acceptors (Lipinski definition) is 5. The molecule has 0 aliphatic rings. The molecule has 0 aromatic heterocycles. The van der Waals surface area contributed by atoms with Crippen molar-refractivity contribution >= 4 is 10.1 Å². The summed E-state index contributed by atoms with van der Waals surface area (Å²) >= 11 is 0. The first kappa shape index (κ1) is 11.1. The number of aryl methyl sites for hydroxylation is 1. The Labute approximate surface area is 81.7 Å². The highest BCUT2D eigenvalue weighted by Crippen LogP contribution is 2.13. The summed E-state index contributed by atoms with van der Waals surface area (Å²) in [5.74, 6) is 0. The molecule has 0 heterocycles. The normalized spacial score (nSPS) is 12.0. The molecule has 0 radical (unpaired) electrons. The van der Waals surface area contributed by atoms with Crippen molar-refractivity contribution in [1.29, 1.82) is 0 Å². The average molecular weight is 218 g/mol. The van der Waals surface area contributed by atoms with Gasteiger partial charge in [-0.05, 0) is 19.1 Å². The summed E-state index contributed by atoms with van der Waals surface area (Å²) in [6, 6.07) is 5.82. The third-order valence-electron chi connectivity index (χ3n) is 1.52. The molecule has 0 unspecified atom stereocenters. The fourth-order valence-electron chi connectivity index (χ4n) is 0.874. The molecule has 14 heavy (non-hydrogen) atoms. The minimum atomic E-state index is -4.08. The molecule has 0 aliphatic carbocycles. The molecule has 0 aliphatic heterocycles. The van der Waals surface area contributed by atoms with E-state index in [9.17, 15) is 8.42 Å². The van der Waals surface area contributed by atoms with Crippen molar-refractivity contribution in [1.82, 2.24) is 0 Å². The number of aliphatic hydroxyl groups excluding tert-OH is 1. The standard InChI is InChI=1S/C8H10O5S/c1-6-2-4-7(5-3-6)14(11,12)13-8(9)10/h2-5,8-10H,1H3. The van der Waals surface area contributed by atoms with E-state index in [0.717, 1.165) is 5.56 Å². The first-order chi connectivity index (χ1) is 6.42. The molecule has 0 fully saturated rings. The van der Waals surface area contributed by atoms with Crippen LogP contribution < -0.4 is 0 Å². The Bertz CT molecular complexity index is 392. The topological polar surface area (TPSA) is 83.8 Å². The summed E-state index contributed by atoms with van der Waals surface area (Å²) in [6.45, 7) is -0.528. The monoisotopic (exact) mass is 218 g/mol. The van der Waals surface area contributed by atoms with Gasteiger partial charge in [-0.2, -0.15) is 8.42 Å². The van der Waals surface area contributed by atoms with Crippen LogP contribution >= 0.6 is 0 Å². The number of benzene rings is 1. The molecule has 0 saturated heterocycles. The largest absolute Gasteiger partial charge is 0.345 e. The lowest BCUT2D eigenvalue weighted by molar-refractivity contribution is -0.176. The Morgan fingerprint density at radius 2 is 1.71 bits per heavy atom. The summed E-state index contributed by atoms with van der Waals surface area (Å²) in [6.07, 6.45) is 0. The minimum Gasteiger partial charge on any atom is -0.345 e. The van der Waals surface area contributed by atoms with Gasteiger partial charge in [0.2, 0.25) is 0 Å². The van der Waals surface area contributed by atoms with Gasteiger partial charge in [0.15, 0.2) is 0 Å². The predicted molar refractivity (Wildman–Crippen MR) is 47.7 cm³/mol. The Hall–Kier alpha value is -0.950. The van der Waals surface area contributed by atoms with Gasteiger partial charge in [-0.25, -0.2) is 4.18 Å². The van der Waals surface area contributed by atoms with Crippen molar-refractivity contribution in [2.75, 3.05) is 0 Å². The number of aliphatic hydroxyl groups is 2. The predicted octanol–water partition coefficient (Wildman–Crippen LogP) is -0.0315. The first-order valence-electron chi connectivity index (χ1n) is 3.78. The molecule has 0 spiro atoms. The molecule has 0 amide bonds. The number of rotatable bonds is 3. The highest BCUT2D eigenvalue weighted by atomic mass is 32.2. The van der Waals surface area contributed by atoms with E-state index >= 15 is 0 Å². The van der Waals surface area contributed by atoms with Gasteiger partial charge in [0, 0.05) is 0 Å². The van der Waals surface area contributed by atoms with Crippen LogP contribution in [-0.4, -0.2) is 25.1 Å². The van der Waals surface area contributed by atoms with E-state index in [4.69, 9.17) is 10.2 Å². The van der Waals surface area contributed by atoms with Gasteiger partial charge >= 0.3 is 10.1 Å². The molecular weight excluding hydrogens is 208 g/mol. The van der Waals surface area contributed by atoms with Gasteiger partial charge in [-0.1, -0.05) is 17.7 Å². The summed E-state index contributed by atoms with van der Waals surface area (Å²) in [4.78, 5) is -0.115. The van der Waals surface area contributed by atoms with Crippen molar-refractivity contribution in [2.45, 2.75) is 18.3 Å². The summed E-state index contributed by atoms with van der Waals surface area (Å²) in [7, 11) is -4.08. The lowest BCUT2D eigenvalue weighted by atomic mass is 10.2. The zero-order valence-electron chi connectivity index (χ0n) is 7.41. The van der Waals surface area contributed by atoms with Crippen LogP contribution in [0.4, 0.5) is 0 Å². The van der Waals surface area contributed by atoms with Crippen molar-refractivity contribution in [3.8, 4) is 0 Å². The van der Waals surface area contributed by atoms with Gasteiger partial charge < -0.3 is 10.2 Å². The summed E-state index contributed by atoms with van der Waals surface area (Å²) in [5.41, 5.74) is 0.897. The van der Waals surface area contributed by atoms with E-state index in [1.165, 1.54) is 12.1 Å². The molecule has 1 aromatic rings. The summed E-state index contributed by atoms with van der Waals surface area (Å²) < 4.78 is 26.4. The zero-order valence-corrected chi connectivity index (χ0v) is 8.23. The van der Waals surface area contributed by atoms with Crippen molar-refractivity contribution in [2.24, 2.45) is 0 Å². The molecule has 6 heteroatoms. The molecule has 1 aromatic carbocycles. The Morgan fingerprint density at radius 1 is 1.21 bits per heavy atom. The third-order valence-corrected chi connectivity index (χ3v) is 2.80. The Morgan fingerprint density at radius 3 is 2.14 bits per heavy atom. The molecule has 0 saturated carbocycles. The van der Waals surface area contributed by atoms with Crippen LogP contribution in [0.3, 0.4) is 0 Å². The molecule has 0 atom stereocenters. The quantitative estimate of drug-likeness (QED) is 0.549. The lowest BCUT2D eigenvalue weighted by Crippen LogP contribution is -2.17. The molecule has 2 N–H and O–H groups in total. The first-order valence-corrected chi connectivity index (χ1v) is 5.19. The van der Waals surface area contributed by atoms with E-state index < -0.39 is 16.6 Å². The fraction of sp³-hybridized carbons (Fsp3) is 0.250. The maximum Gasteiger partial charge on any atom is 0.301 e. The van der Waals surface area contributed by atoms with Gasteiger partial charge in [0.25, 0.3) is 6.48 Å². The minimum absolute atomic E-state index is 0.115. The fourth-order valence-corrected chi connectivity index (χ4v) is 1.68. The summed E-state index contributed by atoms with van der Waals surface area (Å²) in [5, 5.41) is 16.7. The van der Waals surface area contributed by atoms with E-state index in [0.29, 0.717) is 0 Å². The maximum absolute atomic E-state index is 11.2. The van der Waals surface area contributed by atoms with Gasteiger partial charge in [-0.3, -0.25) is 0 Å². The second-order valence-corrected chi connectivity index (χ2v) is 4.26. The molecule has 78 valence electrons. The van der Waals surface area contributed by atoms with Crippen LogP contribution in [0.1, 0.15) is 5.56 Å². The van der Waals surface area contributed by atoms with Gasteiger partial charge in [0.1, 0.15) is 0 Å². The van der Waals surface area contributed by atoms with Crippen molar-refractivity contribution in [3.63, 3.8) is 0 Å². The smallest absolute Gasteiger partial charge is 0.301 e. The maximum atomic E-state index is 11.2. The molecule has 1 rings (SSSR count). The van der Waals surface area contributed by atoms with Crippen LogP contribution in [0, 0.1) is 6.92 Å². The third kappa shape index (κ3) is 2.78. The van der Waals surface area contributed by atoms with Gasteiger partial charge in [0.05, 0.1) is 4.90 Å². The van der Waals surface area contributed by atoms with Crippen molar-refractivity contribution < 1.29 is 22.8 Å². The van der Waals surface area contributed by atoms with E-state index in [1.54, 1.807) is 19.1 Å². The van der Waals surface area contributed by atoms with Gasteiger partial charge in [-0.15, -0.1) is 0 Å². The van der Waals surface area contributed by atoms with Crippen LogP contribution in [0.25, 0.3) is 0 Å². The van der Waals surface area contributed by atoms with E-state index in [1.807, 2.05) is 0 Å². The highest BCUT2D eigenvalue weighted by molar-refractivity contribution is 7.86. The molecule has 0 bridgehead atoms. The Balaban J connectivity index is 2.99. The Kier molecular flexibility index (Phi) is 3.22. The van der Waals surface area contributed by atoms with Crippen LogP contribution in [-0.2, 0) is 14.3 Å². The molecular formula is C8H10O5S. The van der Waals surface area contributed by atoms with E-state index in [-0.39, 0.29) is 4.90 Å². The molecule has 5 nitrogen and oxygen atoms in total. The van der Waals surface area contributed by atoms with Crippen LogP contribution in [0.2, 0.25) is 0 Å². The SMILES string of the molecule is Cc1ccc(S(=O)(=O)OC(O)O)cc1. The van der Waals surface area contributed by atoms with Crippen LogP contribution in [0.15, 0.2) is 29.2 Å². The average Bonchev–Trinajstić information content (AvgIpc) is 2.02. The highest BCUT2D eigenvalue weighted by Gasteiger charge is 2.18. The second-order valence-electron chi connectivity index (χ2n) is 2.69. The zero-order chi connectivity index (χ0) is 10.8. The van der Waals surface area contributed by atoms with Crippen molar-refractivity contribution in [3.05, 3.63) is 29.8 Å². The van der Waals surface area contributed by atoms with Crippen LogP contribution in [0.5, 0.6) is 0 Å².